The molecule has 0 fully saturated rings. The van der Waals surface area contributed by atoms with E-state index in [2.05, 4.69) is 15.7 Å². The molecular weight excluding hydrogens is 386 g/mol. The van der Waals surface area contributed by atoms with E-state index in [1.54, 1.807) is 25.4 Å². The molecule has 0 aliphatic carbocycles. The molecule has 160 valence electrons. The smallest absolute Gasteiger partial charge is 0.350 e. The largest absolute Gasteiger partial charge is 0.493 e. The van der Waals surface area contributed by atoms with E-state index in [9.17, 15) is 9.59 Å². The maximum atomic E-state index is 12.2. The van der Waals surface area contributed by atoms with Gasteiger partial charge in [0.05, 0.1) is 26.3 Å². The van der Waals surface area contributed by atoms with Gasteiger partial charge in [0.25, 0.3) is 0 Å². The van der Waals surface area contributed by atoms with E-state index in [1.807, 2.05) is 38.1 Å². The summed E-state index contributed by atoms with van der Waals surface area (Å²) in [6.45, 7) is 5.08. The molecule has 0 aliphatic rings. The zero-order valence-corrected chi connectivity index (χ0v) is 17.4. The van der Waals surface area contributed by atoms with Gasteiger partial charge in [-0.05, 0) is 43.2 Å². The van der Waals surface area contributed by atoms with Crippen molar-refractivity contribution in [1.82, 2.24) is 24.8 Å². The van der Waals surface area contributed by atoms with E-state index < -0.39 is 0 Å². The molecule has 0 radical (unpaired) electrons. The van der Waals surface area contributed by atoms with Crippen LogP contribution >= 0.6 is 0 Å². The van der Waals surface area contributed by atoms with Crippen LogP contribution in [0.15, 0.2) is 47.4 Å². The van der Waals surface area contributed by atoms with E-state index in [1.165, 1.54) is 9.08 Å². The second kappa shape index (κ2) is 9.82. The summed E-state index contributed by atoms with van der Waals surface area (Å²) < 4.78 is 13.8. The monoisotopic (exact) mass is 413 g/mol. The standard InChI is InChI=1S/C21H27N5O4/c1-4-13-30-17-9-8-16(14-18(17)29-3)15(2)23-20(27)22-10-12-26-21(28)25-11-6-5-7-19(25)24-26/h5-9,11,14-15H,4,10,12-13H2,1-3H3,(H2,22,23,27)/t15-/m0/s1. The molecular formula is C21H27N5O4. The van der Waals surface area contributed by atoms with Crippen molar-refractivity contribution in [2.45, 2.75) is 32.9 Å². The van der Waals surface area contributed by atoms with Crippen molar-refractivity contribution in [3.05, 3.63) is 58.6 Å². The highest BCUT2D eigenvalue weighted by molar-refractivity contribution is 5.74. The van der Waals surface area contributed by atoms with Gasteiger partial charge in [0.2, 0.25) is 0 Å². The highest BCUT2D eigenvalue weighted by atomic mass is 16.5. The summed E-state index contributed by atoms with van der Waals surface area (Å²) in [5.74, 6) is 1.30. The number of carbonyl (C=O) groups excluding carboxylic acids is 1. The van der Waals surface area contributed by atoms with Gasteiger partial charge >= 0.3 is 11.7 Å². The number of fused-ring (bicyclic) bond motifs is 1. The lowest BCUT2D eigenvalue weighted by Gasteiger charge is -2.17. The number of rotatable bonds is 9. The van der Waals surface area contributed by atoms with E-state index >= 15 is 0 Å². The molecule has 0 saturated carbocycles. The summed E-state index contributed by atoms with van der Waals surface area (Å²) in [7, 11) is 1.59. The molecule has 0 saturated heterocycles. The Labute approximate surface area is 174 Å². The first-order valence-corrected chi connectivity index (χ1v) is 9.92. The first-order chi connectivity index (χ1) is 14.5. The van der Waals surface area contributed by atoms with E-state index in [0.29, 0.717) is 23.8 Å². The maximum Gasteiger partial charge on any atom is 0.350 e. The summed E-state index contributed by atoms with van der Waals surface area (Å²) in [6.07, 6.45) is 2.57. The van der Waals surface area contributed by atoms with E-state index in [4.69, 9.17) is 9.47 Å². The van der Waals surface area contributed by atoms with Crippen LogP contribution in [0.2, 0.25) is 0 Å². The lowest BCUT2D eigenvalue weighted by Crippen LogP contribution is -2.39. The molecule has 0 spiro atoms. The summed E-state index contributed by atoms with van der Waals surface area (Å²) in [5.41, 5.74) is 1.22. The Morgan fingerprint density at radius 2 is 2.07 bits per heavy atom. The second-order valence-electron chi connectivity index (χ2n) is 6.82. The molecule has 9 nitrogen and oxygen atoms in total. The molecule has 2 N–H and O–H groups in total. The number of amides is 2. The quantitative estimate of drug-likeness (QED) is 0.561. The minimum atomic E-state index is -0.329. The molecule has 3 rings (SSSR count). The second-order valence-corrected chi connectivity index (χ2v) is 6.82. The Balaban J connectivity index is 1.54. The predicted octanol–water partition coefficient (Wildman–Crippen LogP) is 2.35. The maximum absolute atomic E-state index is 12.2. The number of methoxy groups -OCH3 is 1. The van der Waals surface area contributed by atoms with Crippen molar-refractivity contribution in [2.75, 3.05) is 20.3 Å². The minimum absolute atomic E-state index is 0.237. The van der Waals surface area contributed by atoms with Crippen molar-refractivity contribution in [2.24, 2.45) is 0 Å². The van der Waals surface area contributed by atoms with E-state index in [0.717, 1.165) is 12.0 Å². The fourth-order valence-corrected chi connectivity index (χ4v) is 3.00. The molecule has 2 aromatic heterocycles. The number of hydrogen-bond donors (Lipinski definition) is 2. The summed E-state index contributed by atoms with van der Waals surface area (Å²) in [4.78, 5) is 24.5. The number of carbonyl (C=O) groups is 1. The van der Waals surface area contributed by atoms with Gasteiger partial charge in [0, 0.05) is 12.7 Å². The van der Waals surface area contributed by atoms with Gasteiger partial charge in [-0.3, -0.25) is 4.40 Å². The topological polar surface area (TPSA) is 98.9 Å². The van der Waals surface area contributed by atoms with Crippen LogP contribution in [-0.4, -0.2) is 40.5 Å². The molecule has 9 heteroatoms. The molecule has 2 heterocycles. The Bertz CT molecular complexity index is 1060. The first-order valence-electron chi connectivity index (χ1n) is 9.92. The van der Waals surface area contributed by atoms with Crippen LogP contribution in [0.3, 0.4) is 0 Å². The number of ether oxygens (including phenoxy) is 2. The van der Waals surface area contributed by atoms with Gasteiger partial charge in [0.15, 0.2) is 17.1 Å². The number of hydrogen-bond acceptors (Lipinski definition) is 5. The van der Waals surface area contributed by atoms with Crippen molar-refractivity contribution in [3.63, 3.8) is 0 Å². The molecule has 0 bridgehead atoms. The lowest BCUT2D eigenvalue weighted by molar-refractivity contribution is 0.237. The number of aromatic nitrogens is 3. The van der Waals surface area contributed by atoms with Crippen molar-refractivity contribution in [3.8, 4) is 11.5 Å². The number of nitrogens with one attached hydrogen (secondary N) is 2. The van der Waals surface area contributed by atoms with Crippen molar-refractivity contribution >= 4 is 11.7 Å². The van der Waals surface area contributed by atoms with Gasteiger partial charge in [-0.2, -0.15) is 0 Å². The van der Waals surface area contributed by atoms with Crippen LogP contribution in [0.25, 0.3) is 5.65 Å². The highest BCUT2D eigenvalue weighted by Crippen LogP contribution is 2.30. The zero-order chi connectivity index (χ0) is 21.5. The molecule has 1 aromatic carbocycles. The molecule has 0 aliphatic heterocycles. The fourth-order valence-electron chi connectivity index (χ4n) is 3.00. The Hall–Kier alpha value is -3.49. The third-order valence-electron chi connectivity index (χ3n) is 4.59. The zero-order valence-electron chi connectivity index (χ0n) is 17.4. The van der Waals surface area contributed by atoms with Crippen LogP contribution in [0.5, 0.6) is 11.5 Å². The van der Waals surface area contributed by atoms with Crippen molar-refractivity contribution in [1.29, 1.82) is 0 Å². The van der Waals surface area contributed by atoms with Gasteiger partial charge in [-0.25, -0.2) is 14.3 Å². The average Bonchev–Trinajstić information content (AvgIpc) is 3.07. The lowest BCUT2D eigenvalue weighted by atomic mass is 10.1. The van der Waals surface area contributed by atoms with Crippen LogP contribution in [0, 0.1) is 0 Å². The van der Waals surface area contributed by atoms with Gasteiger partial charge < -0.3 is 20.1 Å². The van der Waals surface area contributed by atoms with Crippen molar-refractivity contribution < 1.29 is 14.3 Å². The molecule has 0 unspecified atom stereocenters. The van der Waals surface area contributed by atoms with Crippen LogP contribution in [0.4, 0.5) is 4.79 Å². The summed E-state index contributed by atoms with van der Waals surface area (Å²) >= 11 is 0. The number of urea groups is 1. The minimum Gasteiger partial charge on any atom is -0.493 e. The van der Waals surface area contributed by atoms with Gasteiger partial charge in [-0.1, -0.05) is 19.1 Å². The number of nitrogens with zero attached hydrogens (tertiary/aromatic N) is 3. The predicted molar refractivity (Wildman–Crippen MR) is 113 cm³/mol. The SMILES string of the molecule is CCCOc1ccc([C@H](C)NC(=O)NCCn2nc3ccccn3c2=O)cc1OC. The highest BCUT2D eigenvalue weighted by Gasteiger charge is 2.13. The molecule has 2 amide bonds. The molecule has 30 heavy (non-hydrogen) atoms. The fraction of sp³-hybridized carbons (Fsp3) is 0.381. The average molecular weight is 413 g/mol. The van der Waals surface area contributed by atoms with Crippen LogP contribution < -0.4 is 25.8 Å². The third kappa shape index (κ3) is 4.91. The molecule has 3 aromatic rings. The first kappa shape index (κ1) is 21.2. The third-order valence-corrected chi connectivity index (χ3v) is 4.59. The summed E-state index contributed by atoms with van der Waals surface area (Å²) in [5, 5.41) is 9.87. The van der Waals surface area contributed by atoms with Gasteiger partial charge in [-0.15, -0.1) is 5.10 Å². The molecule has 1 atom stereocenters. The van der Waals surface area contributed by atoms with E-state index in [-0.39, 0.29) is 30.9 Å². The van der Waals surface area contributed by atoms with Crippen LogP contribution in [0.1, 0.15) is 31.9 Å². The Kier molecular flexibility index (Phi) is 6.95. The number of pyridine rings is 1. The summed E-state index contributed by atoms with van der Waals surface area (Å²) in [6, 6.07) is 10.4. The van der Waals surface area contributed by atoms with Gasteiger partial charge in [0.1, 0.15) is 0 Å². The Morgan fingerprint density at radius 3 is 2.80 bits per heavy atom. The number of benzene rings is 1. The Morgan fingerprint density at radius 1 is 1.23 bits per heavy atom. The van der Waals surface area contributed by atoms with Crippen LogP contribution in [-0.2, 0) is 6.54 Å². The normalized spacial score (nSPS) is 11.8.